The van der Waals surface area contributed by atoms with Gasteiger partial charge in [-0.1, -0.05) is 12.1 Å². The van der Waals surface area contributed by atoms with Crippen LogP contribution in [0.3, 0.4) is 0 Å². The minimum absolute atomic E-state index is 0.439. The van der Waals surface area contributed by atoms with Crippen molar-refractivity contribution in [1.29, 1.82) is 0 Å². The summed E-state index contributed by atoms with van der Waals surface area (Å²) >= 11 is 9.34. The number of hydrogen-bond donors (Lipinski definition) is 0. The van der Waals surface area contributed by atoms with Gasteiger partial charge in [0.05, 0.1) is 10.2 Å². The standard InChI is InChI=1S/C14H7ClINOS/c15-13(18)8-4-5-11-12(7-8)19-14(17-11)9-2-1-3-10(16)6-9/h1-7H. The predicted octanol–water partition coefficient (Wildman–Crippen LogP) is 4.95. The molecule has 0 bridgehead atoms. The predicted molar refractivity (Wildman–Crippen MR) is 88.0 cm³/mol. The van der Waals surface area contributed by atoms with Crippen molar-refractivity contribution in [3.63, 3.8) is 0 Å². The molecule has 0 amide bonds. The molecule has 0 fully saturated rings. The molecule has 0 radical (unpaired) electrons. The summed E-state index contributed by atoms with van der Waals surface area (Å²) in [6.07, 6.45) is 0. The van der Waals surface area contributed by atoms with Gasteiger partial charge in [0.2, 0.25) is 0 Å². The zero-order valence-electron chi connectivity index (χ0n) is 9.56. The molecule has 5 heteroatoms. The van der Waals surface area contributed by atoms with Crippen molar-refractivity contribution in [1.82, 2.24) is 4.98 Å². The summed E-state index contributed by atoms with van der Waals surface area (Å²) in [5.41, 5.74) is 2.49. The molecule has 0 saturated carbocycles. The largest absolute Gasteiger partial charge is 0.276 e. The minimum Gasteiger partial charge on any atom is -0.276 e. The normalized spacial score (nSPS) is 10.8. The molecule has 0 aliphatic carbocycles. The van der Waals surface area contributed by atoms with Crippen LogP contribution in [0.2, 0.25) is 0 Å². The Labute approximate surface area is 132 Å². The number of halogens is 2. The van der Waals surface area contributed by atoms with Crippen LogP contribution in [0, 0.1) is 3.57 Å². The smallest absolute Gasteiger partial charge is 0.252 e. The molecule has 0 saturated heterocycles. The molecule has 0 N–H and O–H groups in total. The molecule has 0 atom stereocenters. The topological polar surface area (TPSA) is 30.0 Å². The molecule has 1 heterocycles. The molecule has 2 nitrogen and oxygen atoms in total. The molecule has 0 unspecified atom stereocenters. The van der Waals surface area contributed by atoms with E-state index in [4.69, 9.17) is 11.6 Å². The maximum atomic E-state index is 11.2. The second-order valence-corrected chi connectivity index (χ2v) is 6.61. The van der Waals surface area contributed by atoms with E-state index in [1.54, 1.807) is 23.5 Å². The molecule has 19 heavy (non-hydrogen) atoms. The number of thiazole rings is 1. The van der Waals surface area contributed by atoms with Crippen LogP contribution in [0.4, 0.5) is 0 Å². The summed E-state index contributed by atoms with van der Waals surface area (Å²) in [5, 5.41) is 0.513. The summed E-state index contributed by atoms with van der Waals surface area (Å²) in [6.45, 7) is 0. The van der Waals surface area contributed by atoms with Crippen molar-refractivity contribution in [3.8, 4) is 10.6 Å². The summed E-state index contributed by atoms with van der Waals surface area (Å²) in [7, 11) is 0. The lowest BCUT2D eigenvalue weighted by atomic mass is 10.2. The fourth-order valence-corrected chi connectivity index (χ4v) is 3.45. The van der Waals surface area contributed by atoms with Crippen LogP contribution < -0.4 is 0 Å². The van der Waals surface area contributed by atoms with Crippen LogP contribution >= 0.6 is 45.5 Å². The Morgan fingerprint density at radius 1 is 1.21 bits per heavy atom. The van der Waals surface area contributed by atoms with Crippen LogP contribution in [0.25, 0.3) is 20.8 Å². The van der Waals surface area contributed by atoms with E-state index in [1.165, 1.54) is 3.57 Å². The number of aromatic nitrogens is 1. The van der Waals surface area contributed by atoms with Crippen molar-refractivity contribution in [2.45, 2.75) is 0 Å². The van der Waals surface area contributed by atoms with Gasteiger partial charge in [-0.25, -0.2) is 4.98 Å². The SMILES string of the molecule is O=C(Cl)c1ccc2nc(-c3cccc(I)c3)sc2c1. The van der Waals surface area contributed by atoms with E-state index in [0.29, 0.717) is 5.56 Å². The van der Waals surface area contributed by atoms with E-state index in [1.807, 2.05) is 24.3 Å². The lowest BCUT2D eigenvalue weighted by Crippen LogP contribution is -1.86. The second kappa shape index (κ2) is 5.19. The van der Waals surface area contributed by atoms with Crippen molar-refractivity contribution in [3.05, 3.63) is 51.6 Å². The summed E-state index contributed by atoms with van der Waals surface area (Å²) in [5.74, 6) is 0. The fraction of sp³-hybridized carbons (Fsp3) is 0. The molecule has 1 aromatic heterocycles. The van der Waals surface area contributed by atoms with Gasteiger partial charge in [0.1, 0.15) is 5.01 Å². The number of rotatable bonds is 2. The molecule has 94 valence electrons. The van der Waals surface area contributed by atoms with Gasteiger partial charge < -0.3 is 0 Å². The van der Waals surface area contributed by atoms with E-state index in [-0.39, 0.29) is 0 Å². The van der Waals surface area contributed by atoms with E-state index < -0.39 is 5.24 Å². The first-order chi connectivity index (χ1) is 9.13. The summed E-state index contributed by atoms with van der Waals surface area (Å²) in [6, 6.07) is 13.5. The summed E-state index contributed by atoms with van der Waals surface area (Å²) < 4.78 is 2.14. The second-order valence-electron chi connectivity index (χ2n) is 3.99. The number of carbonyl (C=O) groups excluding carboxylic acids is 1. The third-order valence-electron chi connectivity index (χ3n) is 2.69. The Bertz CT molecular complexity index is 784. The minimum atomic E-state index is -0.439. The Hall–Kier alpha value is -0.980. The van der Waals surface area contributed by atoms with Gasteiger partial charge in [0.25, 0.3) is 5.24 Å². The van der Waals surface area contributed by atoms with Crippen molar-refractivity contribution in [2.75, 3.05) is 0 Å². The van der Waals surface area contributed by atoms with E-state index in [9.17, 15) is 4.79 Å². The summed E-state index contributed by atoms with van der Waals surface area (Å²) in [4.78, 5) is 15.7. The highest BCUT2D eigenvalue weighted by molar-refractivity contribution is 14.1. The van der Waals surface area contributed by atoms with E-state index in [2.05, 4.69) is 33.6 Å². The average molecular weight is 400 g/mol. The third kappa shape index (κ3) is 2.66. The van der Waals surface area contributed by atoms with Gasteiger partial charge in [-0.2, -0.15) is 0 Å². The lowest BCUT2D eigenvalue weighted by molar-refractivity contribution is 0.108. The molecular formula is C14H7ClINOS. The molecule has 0 spiro atoms. The van der Waals surface area contributed by atoms with Crippen molar-refractivity contribution >= 4 is 61.0 Å². The lowest BCUT2D eigenvalue weighted by Gasteiger charge is -1.95. The Morgan fingerprint density at radius 3 is 2.79 bits per heavy atom. The molecule has 3 aromatic rings. The van der Waals surface area contributed by atoms with Gasteiger partial charge in [0.15, 0.2) is 0 Å². The van der Waals surface area contributed by atoms with Crippen molar-refractivity contribution < 1.29 is 4.79 Å². The zero-order valence-corrected chi connectivity index (χ0v) is 13.3. The zero-order chi connectivity index (χ0) is 13.4. The Balaban J connectivity index is 2.14. The molecular weight excluding hydrogens is 393 g/mol. The van der Waals surface area contributed by atoms with Crippen LogP contribution in [-0.2, 0) is 0 Å². The van der Waals surface area contributed by atoms with Gasteiger partial charge in [-0.05, 0) is 64.5 Å². The number of nitrogens with zero attached hydrogens (tertiary/aromatic N) is 1. The fourth-order valence-electron chi connectivity index (χ4n) is 1.79. The quantitative estimate of drug-likeness (QED) is 0.451. The maximum absolute atomic E-state index is 11.2. The highest BCUT2D eigenvalue weighted by Gasteiger charge is 2.09. The van der Waals surface area contributed by atoms with Crippen LogP contribution in [0.1, 0.15) is 10.4 Å². The number of hydrogen-bond acceptors (Lipinski definition) is 3. The first-order valence-electron chi connectivity index (χ1n) is 5.50. The Morgan fingerprint density at radius 2 is 2.05 bits per heavy atom. The maximum Gasteiger partial charge on any atom is 0.252 e. The molecule has 2 aromatic carbocycles. The highest BCUT2D eigenvalue weighted by Crippen LogP contribution is 2.31. The first-order valence-corrected chi connectivity index (χ1v) is 7.77. The molecule has 0 aliphatic heterocycles. The van der Waals surface area contributed by atoms with E-state index >= 15 is 0 Å². The Kier molecular flexibility index (Phi) is 3.56. The number of benzene rings is 2. The van der Waals surface area contributed by atoms with Crippen LogP contribution in [-0.4, -0.2) is 10.2 Å². The highest BCUT2D eigenvalue weighted by atomic mass is 127. The molecule has 0 aliphatic rings. The van der Waals surface area contributed by atoms with Crippen LogP contribution in [0.15, 0.2) is 42.5 Å². The number of carbonyl (C=O) groups is 1. The van der Waals surface area contributed by atoms with Gasteiger partial charge >= 0.3 is 0 Å². The van der Waals surface area contributed by atoms with Gasteiger partial charge in [-0.15, -0.1) is 11.3 Å². The van der Waals surface area contributed by atoms with Crippen LogP contribution in [0.5, 0.6) is 0 Å². The van der Waals surface area contributed by atoms with Gasteiger partial charge in [0, 0.05) is 14.7 Å². The van der Waals surface area contributed by atoms with Crippen molar-refractivity contribution in [2.24, 2.45) is 0 Å². The first kappa shape index (κ1) is 13.0. The molecule has 3 rings (SSSR count). The number of fused-ring (bicyclic) bond motifs is 1. The monoisotopic (exact) mass is 399 g/mol. The third-order valence-corrected chi connectivity index (χ3v) is 4.64. The van der Waals surface area contributed by atoms with E-state index in [0.717, 1.165) is 20.8 Å². The van der Waals surface area contributed by atoms with Gasteiger partial charge in [-0.3, -0.25) is 4.79 Å². The average Bonchev–Trinajstić information content (AvgIpc) is 2.81.